The minimum atomic E-state index is 0.945. The molecule has 2 aromatic heterocycles. The van der Waals surface area contributed by atoms with Crippen LogP contribution < -0.4 is 0 Å². The molecule has 0 spiro atoms. The van der Waals surface area contributed by atoms with E-state index in [2.05, 4.69) is 15.0 Å². The summed E-state index contributed by atoms with van der Waals surface area (Å²) in [5.74, 6) is 0. The second-order valence-corrected chi connectivity index (χ2v) is 2.59. The number of pyridine rings is 1. The fourth-order valence-corrected chi connectivity index (χ4v) is 1.16. The van der Waals surface area contributed by atoms with Gasteiger partial charge in [-0.1, -0.05) is 0 Å². The Labute approximate surface area is 70.5 Å². The maximum Gasteiger partial charge on any atom is 0.0927 e. The van der Waals surface area contributed by atoms with Gasteiger partial charge in [0.25, 0.3) is 0 Å². The first-order valence-electron chi connectivity index (χ1n) is 3.78. The van der Waals surface area contributed by atoms with Crippen LogP contribution in [0.4, 0.5) is 0 Å². The van der Waals surface area contributed by atoms with Crippen LogP contribution in [0, 0.1) is 6.92 Å². The second-order valence-electron chi connectivity index (χ2n) is 2.59. The number of nitrogens with one attached hydrogen (secondary N) is 1. The highest BCUT2D eigenvalue weighted by Crippen LogP contribution is 2.17. The number of H-pyrrole nitrogens is 1. The minimum absolute atomic E-state index is 0.945. The van der Waals surface area contributed by atoms with E-state index in [9.17, 15) is 0 Å². The van der Waals surface area contributed by atoms with Crippen LogP contribution >= 0.6 is 0 Å². The molecule has 0 aliphatic heterocycles. The Bertz CT molecular complexity index is 365. The van der Waals surface area contributed by atoms with Crippen molar-refractivity contribution < 1.29 is 0 Å². The number of hydrogen-bond acceptors (Lipinski definition) is 2. The van der Waals surface area contributed by atoms with Gasteiger partial charge in [-0.2, -0.15) is 0 Å². The molecule has 0 saturated carbocycles. The summed E-state index contributed by atoms with van der Waals surface area (Å²) >= 11 is 0. The summed E-state index contributed by atoms with van der Waals surface area (Å²) in [7, 11) is 0. The van der Waals surface area contributed by atoms with E-state index in [1.807, 2.05) is 25.3 Å². The fourth-order valence-electron chi connectivity index (χ4n) is 1.16. The lowest BCUT2D eigenvalue weighted by atomic mass is 10.1. The highest BCUT2D eigenvalue weighted by atomic mass is 14.9. The SMILES string of the molecule is Cc1ncccc1-c1c[nH]cn1. The second kappa shape index (κ2) is 2.77. The topological polar surface area (TPSA) is 41.6 Å². The molecule has 2 aromatic rings. The zero-order valence-corrected chi connectivity index (χ0v) is 6.78. The number of aromatic nitrogens is 3. The quantitative estimate of drug-likeness (QED) is 0.689. The molecule has 0 saturated heterocycles. The summed E-state index contributed by atoms with van der Waals surface area (Å²) in [4.78, 5) is 11.2. The summed E-state index contributed by atoms with van der Waals surface area (Å²) in [5.41, 5.74) is 3.03. The Kier molecular flexibility index (Phi) is 1.63. The highest BCUT2D eigenvalue weighted by Gasteiger charge is 2.01. The van der Waals surface area contributed by atoms with Gasteiger partial charge in [-0.3, -0.25) is 4.98 Å². The van der Waals surface area contributed by atoms with E-state index in [1.54, 1.807) is 12.5 Å². The van der Waals surface area contributed by atoms with Gasteiger partial charge in [0.15, 0.2) is 0 Å². The van der Waals surface area contributed by atoms with E-state index in [1.165, 1.54) is 0 Å². The van der Waals surface area contributed by atoms with Crippen LogP contribution in [-0.2, 0) is 0 Å². The number of aromatic amines is 1. The van der Waals surface area contributed by atoms with Gasteiger partial charge in [0.05, 0.1) is 12.0 Å². The molecular formula is C9H9N3. The van der Waals surface area contributed by atoms with Crippen LogP contribution in [0.25, 0.3) is 11.3 Å². The molecule has 0 bridgehead atoms. The Morgan fingerprint density at radius 3 is 2.92 bits per heavy atom. The zero-order valence-electron chi connectivity index (χ0n) is 6.78. The number of nitrogens with zero attached hydrogens (tertiary/aromatic N) is 2. The molecule has 2 heterocycles. The fraction of sp³-hybridized carbons (Fsp3) is 0.111. The van der Waals surface area contributed by atoms with Crippen molar-refractivity contribution in [2.75, 3.05) is 0 Å². The monoisotopic (exact) mass is 159 g/mol. The average Bonchev–Trinajstić information content (AvgIpc) is 2.57. The van der Waals surface area contributed by atoms with Crippen LogP contribution in [-0.4, -0.2) is 15.0 Å². The summed E-state index contributed by atoms with van der Waals surface area (Å²) in [6.45, 7) is 1.98. The maximum absolute atomic E-state index is 4.18. The van der Waals surface area contributed by atoms with Gasteiger partial charge in [-0.15, -0.1) is 0 Å². The van der Waals surface area contributed by atoms with Crippen molar-refractivity contribution in [3.63, 3.8) is 0 Å². The molecule has 0 unspecified atom stereocenters. The third kappa shape index (κ3) is 1.09. The molecule has 1 N–H and O–H groups in total. The summed E-state index contributed by atoms with van der Waals surface area (Å²) in [6.07, 6.45) is 5.32. The van der Waals surface area contributed by atoms with E-state index in [4.69, 9.17) is 0 Å². The van der Waals surface area contributed by atoms with Crippen LogP contribution in [0.1, 0.15) is 5.69 Å². The van der Waals surface area contributed by atoms with Gasteiger partial charge in [0.2, 0.25) is 0 Å². The van der Waals surface area contributed by atoms with Gasteiger partial charge in [-0.05, 0) is 19.1 Å². The Balaban J connectivity index is 2.55. The first-order valence-corrected chi connectivity index (χ1v) is 3.78. The number of imidazole rings is 1. The standard InChI is InChI=1S/C9H9N3/c1-7-8(3-2-4-11-7)9-5-10-6-12-9/h2-6H,1H3,(H,10,12). The van der Waals surface area contributed by atoms with Crippen LogP contribution in [0.5, 0.6) is 0 Å². The normalized spacial score (nSPS) is 10.1. The first kappa shape index (κ1) is 7.03. The van der Waals surface area contributed by atoms with Crippen molar-refractivity contribution >= 4 is 0 Å². The van der Waals surface area contributed by atoms with Crippen molar-refractivity contribution in [2.45, 2.75) is 6.92 Å². The first-order chi connectivity index (χ1) is 5.88. The summed E-state index contributed by atoms with van der Waals surface area (Å²) in [6, 6.07) is 3.93. The third-order valence-corrected chi connectivity index (χ3v) is 1.78. The van der Waals surface area contributed by atoms with Crippen molar-refractivity contribution in [1.82, 2.24) is 15.0 Å². The van der Waals surface area contributed by atoms with Crippen LogP contribution in [0.15, 0.2) is 30.9 Å². The van der Waals surface area contributed by atoms with Crippen molar-refractivity contribution in [2.24, 2.45) is 0 Å². The molecule has 2 rings (SSSR count). The lowest BCUT2D eigenvalue weighted by Crippen LogP contribution is -1.85. The number of hydrogen-bond donors (Lipinski definition) is 1. The molecule has 0 aliphatic rings. The Hall–Kier alpha value is -1.64. The molecule has 3 nitrogen and oxygen atoms in total. The molecule has 0 aliphatic carbocycles. The predicted molar refractivity (Wildman–Crippen MR) is 46.6 cm³/mol. The molecule has 0 amide bonds. The third-order valence-electron chi connectivity index (χ3n) is 1.78. The molecule has 0 fully saturated rings. The lowest BCUT2D eigenvalue weighted by Gasteiger charge is -1.98. The smallest absolute Gasteiger partial charge is 0.0927 e. The lowest BCUT2D eigenvalue weighted by molar-refractivity contribution is 1.19. The Morgan fingerprint density at radius 1 is 1.33 bits per heavy atom. The van der Waals surface area contributed by atoms with Crippen LogP contribution in [0.3, 0.4) is 0 Å². The molecule has 0 aromatic carbocycles. The molecule has 0 atom stereocenters. The van der Waals surface area contributed by atoms with E-state index >= 15 is 0 Å². The van der Waals surface area contributed by atoms with Gasteiger partial charge in [0, 0.05) is 23.7 Å². The minimum Gasteiger partial charge on any atom is -0.351 e. The summed E-state index contributed by atoms with van der Waals surface area (Å²) in [5, 5.41) is 0. The van der Waals surface area contributed by atoms with E-state index in [-0.39, 0.29) is 0 Å². The van der Waals surface area contributed by atoms with Crippen molar-refractivity contribution in [3.8, 4) is 11.3 Å². The van der Waals surface area contributed by atoms with E-state index < -0.39 is 0 Å². The van der Waals surface area contributed by atoms with E-state index in [0.29, 0.717) is 0 Å². The van der Waals surface area contributed by atoms with Crippen molar-refractivity contribution in [3.05, 3.63) is 36.5 Å². The molecule has 60 valence electrons. The molecule has 3 heteroatoms. The zero-order chi connectivity index (χ0) is 8.39. The highest BCUT2D eigenvalue weighted by molar-refractivity contribution is 5.60. The average molecular weight is 159 g/mol. The van der Waals surface area contributed by atoms with Crippen molar-refractivity contribution in [1.29, 1.82) is 0 Å². The molecule has 12 heavy (non-hydrogen) atoms. The molecule has 0 radical (unpaired) electrons. The maximum atomic E-state index is 4.18. The van der Waals surface area contributed by atoms with E-state index in [0.717, 1.165) is 17.0 Å². The number of aryl methyl sites for hydroxylation is 1. The van der Waals surface area contributed by atoms with Gasteiger partial charge in [0.1, 0.15) is 0 Å². The largest absolute Gasteiger partial charge is 0.351 e. The molecular weight excluding hydrogens is 150 g/mol. The summed E-state index contributed by atoms with van der Waals surface area (Å²) < 4.78 is 0. The van der Waals surface area contributed by atoms with Gasteiger partial charge in [-0.25, -0.2) is 4.98 Å². The Morgan fingerprint density at radius 2 is 2.25 bits per heavy atom. The van der Waals surface area contributed by atoms with Crippen LogP contribution in [0.2, 0.25) is 0 Å². The van der Waals surface area contributed by atoms with Gasteiger partial charge < -0.3 is 4.98 Å². The van der Waals surface area contributed by atoms with Gasteiger partial charge >= 0.3 is 0 Å². The number of rotatable bonds is 1. The predicted octanol–water partition coefficient (Wildman–Crippen LogP) is 1.78.